The van der Waals surface area contributed by atoms with Crippen LogP contribution in [0.4, 0.5) is 5.82 Å². The normalized spacial score (nSPS) is 13.2. The molecule has 9 heteroatoms. The minimum atomic E-state index is 0. The molecule has 0 radical (unpaired) electrons. The molecule has 4 N–H and O–H groups in total. The summed E-state index contributed by atoms with van der Waals surface area (Å²) in [6, 6.07) is 21.1. The number of piperazine rings is 1. The number of nitrogens with zero attached hydrogens (tertiary/aromatic N) is 5. The maximum atomic E-state index is 4.70. The first-order valence-electron chi connectivity index (χ1n) is 9.99. The van der Waals surface area contributed by atoms with Gasteiger partial charge in [-0.05, 0) is 47.6 Å². The van der Waals surface area contributed by atoms with Gasteiger partial charge in [-0.15, -0.1) is 35.0 Å². The largest absolute Gasteiger partial charge is 0.412 e. The maximum absolute atomic E-state index is 4.70. The number of rotatable bonds is 3. The van der Waals surface area contributed by atoms with Crippen LogP contribution in [0.2, 0.25) is 0 Å². The van der Waals surface area contributed by atoms with Crippen molar-refractivity contribution in [3.8, 4) is 22.4 Å². The van der Waals surface area contributed by atoms with E-state index in [0.717, 1.165) is 54.4 Å². The summed E-state index contributed by atoms with van der Waals surface area (Å²) in [5.74, 6) is 0.939. The lowest BCUT2D eigenvalue weighted by atomic mass is 9.98. The van der Waals surface area contributed by atoms with Crippen LogP contribution in [0.15, 0.2) is 73.1 Å². The number of hydrogen-bond donors (Lipinski definition) is 0. The molecular weight excluding hydrogens is 461 g/mol. The smallest absolute Gasteiger partial charge is 0.151 e. The summed E-state index contributed by atoms with van der Waals surface area (Å²) in [6.07, 6.45) is 3.66. The van der Waals surface area contributed by atoms with Crippen LogP contribution in [0.5, 0.6) is 0 Å². The molecule has 0 saturated carbocycles. The molecule has 1 saturated heterocycles. The Morgan fingerprint density at radius 3 is 2.06 bits per heavy atom. The van der Waals surface area contributed by atoms with Gasteiger partial charge in [0.25, 0.3) is 0 Å². The highest BCUT2D eigenvalue weighted by Gasteiger charge is 2.19. The van der Waals surface area contributed by atoms with Gasteiger partial charge in [-0.25, -0.2) is 0 Å². The van der Waals surface area contributed by atoms with Crippen molar-refractivity contribution >= 4 is 41.4 Å². The van der Waals surface area contributed by atoms with Crippen LogP contribution in [0.1, 0.15) is 0 Å². The van der Waals surface area contributed by atoms with Crippen molar-refractivity contribution in [2.75, 3.05) is 38.1 Å². The van der Waals surface area contributed by atoms with Gasteiger partial charge in [0.2, 0.25) is 0 Å². The van der Waals surface area contributed by atoms with Crippen LogP contribution >= 0.6 is 24.8 Å². The van der Waals surface area contributed by atoms with E-state index < -0.39 is 0 Å². The molecule has 5 rings (SSSR count). The van der Waals surface area contributed by atoms with Crippen LogP contribution in [-0.4, -0.2) is 64.3 Å². The molecule has 0 spiro atoms. The van der Waals surface area contributed by atoms with Crippen molar-refractivity contribution < 1.29 is 11.0 Å². The summed E-state index contributed by atoms with van der Waals surface area (Å²) in [4.78, 5) is 8.85. The average molecular weight is 490 g/mol. The maximum Gasteiger partial charge on any atom is 0.151 e. The molecule has 0 amide bonds. The number of pyridine rings is 1. The van der Waals surface area contributed by atoms with Gasteiger partial charge in [0.15, 0.2) is 5.82 Å². The molecule has 176 valence electrons. The minimum absolute atomic E-state index is 0. The first-order valence-corrected chi connectivity index (χ1v) is 9.99. The minimum Gasteiger partial charge on any atom is -0.412 e. The van der Waals surface area contributed by atoms with Crippen molar-refractivity contribution in [3.05, 3.63) is 73.1 Å². The molecular formula is C24H29Cl2N5O2. The predicted molar refractivity (Wildman–Crippen MR) is 140 cm³/mol. The Kier molecular flexibility index (Phi) is 10.6. The Bertz CT molecular complexity index is 1160. The van der Waals surface area contributed by atoms with E-state index in [-0.39, 0.29) is 35.8 Å². The molecule has 0 unspecified atom stereocenters. The number of likely N-dealkylation sites (N-methyl/N-ethyl adjacent to an activating group) is 1. The number of benzene rings is 2. The molecule has 0 aliphatic carbocycles. The van der Waals surface area contributed by atoms with Crippen molar-refractivity contribution in [2.45, 2.75) is 0 Å². The monoisotopic (exact) mass is 489 g/mol. The lowest BCUT2D eigenvalue weighted by Gasteiger charge is -2.33. The number of aromatic nitrogens is 3. The molecule has 2 aromatic carbocycles. The predicted octanol–water partition coefficient (Wildman–Crippen LogP) is 3.30. The van der Waals surface area contributed by atoms with E-state index in [2.05, 4.69) is 75.5 Å². The summed E-state index contributed by atoms with van der Waals surface area (Å²) in [5.41, 5.74) is 4.17. The molecule has 3 heterocycles. The van der Waals surface area contributed by atoms with Gasteiger partial charge in [0, 0.05) is 49.7 Å². The van der Waals surface area contributed by atoms with E-state index >= 15 is 0 Å². The van der Waals surface area contributed by atoms with E-state index in [9.17, 15) is 0 Å². The second kappa shape index (κ2) is 12.4. The summed E-state index contributed by atoms with van der Waals surface area (Å²) in [7, 11) is 2.16. The molecule has 7 nitrogen and oxygen atoms in total. The first-order chi connectivity index (χ1) is 14.3. The highest BCUT2D eigenvalue weighted by Crippen LogP contribution is 2.33. The average Bonchev–Trinajstić information content (AvgIpc) is 2.79. The van der Waals surface area contributed by atoms with E-state index in [1.807, 2.05) is 24.5 Å². The molecule has 2 aromatic heterocycles. The zero-order chi connectivity index (χ0) is 19.6. The second-order valence-corrected chi connectivity index (χ2v) is 7.55. The summed E-state index contributed by atoms with van der Waals surface area (Å²) in [6.45, 7) is 4.02. The van der Waals surface area contributed by atoms with Crippen LogP contribution in [0.25, 0.3) is 33.2 Å². The van der Waals surface area contributed by atoms with Gasteiger partial charge in [-0.1, -0.05) is 36.4 Å². The molecule has 33 heavy (non-hydrogen) atoms. The lowest BCUT2D eigenvalue weighted by molar-refractivity contribution is 0.312. The third kappa shape index (κ3) is 5.96. The Morgan fingerprint density at radius 1 is 0.697 bits per heavy atom. The number of halogens is 2. The van der Waals surface area contributed by atoms with Gasteiger partial charge in [0.1, 0.15) is 5.69 Å². The quantitative estimate of drug-likeness (QED) is 0.438. The summed E-state index contributed by atoms with van der Waals surface area (Å²) < 4.78 is 0. The van der Waals surface area contributed by atoms with Gasteiger partial charge in [0.05, 0.1) is 0 Å². The van der Waals surface area contributed by atoms with Crippen LogP contribution in [-0.2, 0) is 0 Å². The summed E-state index contributed by atoms with van der Waals surface area (Å²) >= 11 is 0. The molecule has 0 bridgehead atoms. The van der Waals surface area contributed by atoms with Gasteiger partial charge in [-0.3, -0.25) is 4.98 Å². The van der Waals surface area contributed by atoms with Crippen molar-refractivity contribution in [1.82, 2.24) is 20.1 Å². The SMILES string of the molecule is CN1CCN(c2cc(-c3ccncc3)c(-c3ccc4ccccc4c3)nn2)CC1.Cl.Cl.O.O. The number of fused-ring (bicyclic) bond motifs is 1. The second-order valence-electron chi connectivity index (χ2n) is 7.55. The molecule has 4 aromatic rings. The van der Waals surface area contributed by atoms with Crippen LogP contribution in [0, 0.1) is 0 Å². The van der Waals surface area contributed by atoms with Gasteiger partial charge < -0.3 is 20.8 Å². The van der Waals surface area contributed by atoms with E-state index in [1.165, 1.54) is 10.8 Å². The van der Waals surface area contributed by atoms with Gasteiger partial charge in [-0.2, -0.15) is 0 Å². The van der Waals surface area contributed by atoms with Crippen LogP contribution in [0.3, 0.4) is 0 Å². The topological polar surface area (TPSA) is 108 Å². The Morgan fingerprint density at radius 2 is 1.36 bits per heavy atom. The van der Waals surface area contributed by atoms with Crippen molar-refractivity contribution in [1.29, 1.82) is 0 Å². The van der Waals surface area contributed by atoms with E-state index in [0.29, 0.717) is 0 Å². The number of hydrogen-bond acceptors (Lipinski definition) is 5. The molecule has 0 atom stereocenters. The van der Waals surface area contributed by atoms with Crippen LogP contribution < -0.4 is 4.90 Å². The molecule has 1 fully saturated rings. The standard InChI is InChI=1S/C24H23N5.2ClH.2H2O/c1-28-12-14-29(15-13-28)23-17-22(19-8-10-25-11-9-19)24(27-26-23)21-7-6-18-4-2-3-5-20(18)16-21;;;;/h2-11,16-17H,12-15H2,1H3;2*1H;2*1H2. The first kappa shape index (κ1) is 28.2. The van der Waals surface area contributed by atoms with E-state index in [4.69, 9.17) is 5.10 Å². The fourth-order valence-electron chi connectivity index (χ4n) is 3.87. The zero-order valence-electron chi connectivity index (χ0n) is 18.3. The fourth-order valence-corrected chi connectivity index (χ4v) is 3.87. The Balaban J connectivity index is 0.00000136. The third-order valence-corrected chi connectivity index (χ3v) is 5.62. The van der Waals surface area contributed by atoms with E-state index in [1.54, 1.807) is 0 Å². The number of anilines is 1. The third-order valence-electron chi connectivity index (χ3n) is 5.62. The van der Waals surface area contributed by atoms with Crippen molar-refractivity contribution in [3.63, 3.8) is 0 Å². The lowest BCUT2D eigenvalue weighted by Crippen LogP contribution is -2.44. The molecule has 1 aliphatic heterocycles. The Labute approximate surface area is 205 Å². The fraction of sp³-hybridized carbons (Fsp3) is 0.208. The summed E-state index contributed by atoms with van der Waals surface area (Å²) in [5, 5.41) is 11.7. The highest BCUT2D eigenvalue weighted by atomic mass is 35.5. The zero-order valence-corrected chi connectivity index (χ0v) is 19.9. The van der Waals surface area contributed by atoms with Crippen molar-refractivity contribution in [2.24, 2.45) is 0 Å². The van der Waals surface area contributed by atoms with Gasteiger partial charge >= 0.3 is 0 Å². The highest BCUT2D eigenvalue weighted by molar-refractivity contribution is 5.90. The Hall–Kier alpha value is -2.81. The molecule has 1 aliphatic rings.